The summed E-state index contributed by atoms with van der Waals surface area (Å²) in [6.45, 7) is -1.45. The molecule has 2 saturated heterocycles. The number of ether oxygens (including phenoxy) is 6. The normalized spacial score (nSPS) is 34.3. The van der Waals surface area contributed by atoms with E-state index < -0.39 is 80.7 Å². The second kappa shape index (κ2) is 15.8. The van der Waals surface area contributed by atoms with E-state index in [2.05, 4.69) is 0 Å². The molecular weight excluding hydrogens is 636 g/mol. The fourth-order valence-electron chi connectivity index (χ4n) is 6.51. The summed E-state index contributed by atoms with van der Waals surface area (Å²) in [6.07, 6.45) is -13.2. The van der Waals surface area contributed by atoms with Crippen molar-refractivity contribution < 1.29 is 74.4 Å². The molecule has 0 amide bonds. The number of rotatable bonds is 8. The molecule has 0 radical (unpaired) electrons. The maximum absolute atomic E-state index is 11.4. The fraction of sp³-hybridized carbons (Fsp3) is 0.636. The predicted octanol–water partition coefficient (Wildman–Crippen LogP) is -0.901. The van der Waals surface area contributed by atoms with E-state index in [1.807, 2.05) is 0 Å². The van der Waals surface area contributed by atoms with Crippen LogP contribution in [0, 0.1) is 0 Å². The van der Waals surface area contributed by atoms with Crippen molar-refractivity contribution in [1.82, 2.24) is 0 Å². The van der Waals surface area contributed by atoms with Crippen LogP contribution in [0.25, 0.3) is 11.1 Å². The van der Waals surface area contributed by atoms with E-state index >= 15 is 0 Å². The lowest BCUT2D eigenvalue weighted by molar-refractivity contribution is -0.353. The number of phenolic OH excluding ortho intramolecular Hbond substituents is 1. The summed E-state index contributed by atoms with van der Waals surface area (Å²) in [5.41, 5.74) is 2.34. The molecule has 0 aromatic heterocycles. The van der Waals surface area contributed by atoms with Crippen LogP contribution < -0.4 is 14.2 Å². The second-order valence-electron chi connectivity index (χ2n) is 12.4. The Hall–Kier alpha value is -2.80. The molecule has 11 unspecified atom stereocenters. The number of benzene rings is 2. The zero-order valence-corrected chi connectivity index (χ0v) is 26.8. The highest BCUT2D eigenvalue weighted by Crippen LogP contribution is 2.50. The number of phenols is 1. The minimum absolute atomic E-state index is 0.0259. The van der Waals surface area contributed by atoms with Gasteiger partial charge in [0.1, 0.15) is 54.6 Å². The lowest BCUT2D eigenvalue weighted by Crippen LogP contribution is -2.65. The molecule has 5 rings (SSSR count). The lowest BCUT2D eigenvalue weighted by Gasteiger charge is -2.46. The van der Waals surface area contributed by atoms with Crippen LogP contribution in [0.3, 0.4) is 0 Å². The van der Waals surface area contributed by atoms with Gasteiger partial charge in [0.25, 0.3) is 0 Å². The van der Waals surface area contributed by atoms with Gasteiger partial charge in [-0.05, 0) is 55.0 Å². The van der Waals surface area contributed by atoms with Gasteiger partial charge in [-0.2, -0.15) is 0 Å². The molecule has 2 fully saturated rings. The van der Waals surface area contributed by atoms with Crippen molar-refractivity contribution in [3.63, 3.8) is 0 Å². The minimum atomic E-state index is -1.83. The highest BCUT2D eigenvalue weighted by Gasteiger charge is 2.51. The Morgan fingerprint density at radius 3 is 2.08 bits per heavy atom. The number of hydrogen-bond acceptors (Lipinski definition) is 15. The van der Waals surface area contributed by atoms with E-state index in [-0.39, 0.29) is 23.0 Å². The first kappa shape index (κ1) is 36.5. The van der Waals surface area contributed by atoms with E-state index in [0.29, 0.717) is 42.4 Å². The van der Waals surface area contributed by atoms with Gasteiger partial charge < -0.3 is 74.4 Å². The number of fused-ring (bicyclic) bond motifs is 5. The van der Waals surface area contributed by atoms with Crippen LogP contribution in [0.15, 0.2) is 24.3 Å². The second-order valence-corrected chi connectivity index (χ2v) is 12.4. The number of aryl methyl sites for hydroxylation is 1. The molecule has 0 spiro atoms. The molecular formula is C33H46O15. The van der Waals surface area contributed by atoms with Crippen LogP contribution in [0.1, 0.15) is 36.8 Å². The van der Waals surface area contributed by atoms with Crippen LogP contribution in [0.4, 0.5) is 0 Å². The Bertz CT molecular complexity index is 1370. The summed E-state index contributed by atoms with van der Waals surface area (Å²) in [7, 11) is 2.81. The SMILES string of the molecule is COc1c2cc(c(OC3OC(CO)C(O)C(OC4OC(CO)C(O)C(O)C4O)C3O)c1OC)CCCCCC(O)Cc1ccc(O)c-2c1. The Morgan fingerprint density at radius 2 is 1.40 bits per heavy atom. The lowest BCUT2D eigenvalue weighted by atomic mass is 9.94. The van der Waals surface area contributed by atoms with Gasteiger partial charge in [-0.1, -0.05) is 18.9 Å². The smallest absolute Gasteiger partial charge is 0.229 e. The molecule has 1 aliphatic carbocycles. The Labute approximate surface area is 277 Å². The third-order valence-electron chi connectivity index (χ3n) is 9.18. The van der Waals surface area contributed by atoms with Gasteiger partial charge in [-0.15, -0.1) is 0 Å². The van der Waals surface area contributed by atoms with Crippen LogP contribution in [0.2, 0.25) is 0 Å². The number of hydrogen-bond donors (Lipinski definition) is 9. The number of aliphatic hydroxyl groups is 8. The average Bonchev–Trinajstić information content (AvgIpc) is 3.08. The van der Waals surface area contributed by atoms with Crippen molar-refractivity contribution in [3.8, 4) is 34.1 Å². The van der Waals surface area contributed by atoms with Gasteiger partial charge in [0.2, 0.25) is 12.0 Å². The van der Waals surface area contributed by atoms with E-state index in [1.54, 1.807) is 24.3 Å². The topological polar surface area (TPSA) is 237 Å². The molecule has 15 nitrogen and oxygen atoms in total. The zero-order valence-electron chi connectivity index (χ0n) is 26.8. The summed E-state index contributed by atoms with van der Waals surface area (Å²) >= 11 is 0. The van der Waals surface area contributed by atoms with Crippen LogP contribution >= 0.6 is 0 Å². The largest absolute Gasteiger partial charge is 0.507 e. The molecule has 2 heterocycles. The molecule has 4 bridgehead atoms. The molecule has 48 heavy (non-hydrogen) atoms. The van der Waals surface area contributed by atoms with E-state index in [9.17, 15) is 46.0 Å². The summed E-state index contributed by atoms with van der Waals surface area (Å²) in [6, 6.07) is 6.86. The van der Waals surface area contributed by atoms with Crippen LogP contribution in [-0.4, -0.2) is 141 Å². The monoisotopic (exact) mass is 682 g/mol. The highest BCUT2D eigenvalue weighted by atomic mass is 16.7. The van der Waals surface area contributed by atoms with Crippen molar-refractivity contribution in [1.29, 1.82) is 0 Å². The van der Waals surface area contributed by atoms with Crippen molar-refractivity contribution >= 4 is 0 Å². The summed E-state index contributed by atoms with van der Waals surface area (Å²) in [5.74, 6) is 0.394. The Balaban J connectivity index is 1.53. The number of aliphatic hydroxyl groups excluding tert-OH is 8. The fourth-order valence-corrected chi connectivity index (χ4v) is 6.51. The molecule has 0 saturated carbocycles. The summed E-state index contributed by atoms with van der Waals surface area (Å²) in [4.78, 5) is 0. The standard InChI is InChI=1S/C33H46O15/c1-43-29-19-12-16(6-4-3-5-7-17(36)10-15-8-9-20(37)18(19)11-15)28(31(29)44-2)47-33-27(42)30(24(39)22(14-35)46-33)48-32-26(41)25(40)23(38)21(13-34)45-32/h8-9,11-12,17,21-27,30,32-42H,3-7,10,13-14H2,1-2H3. The third-order valence-corrected chi connectivity index (χ3v) is 9.18. The first-order valence-electron chi connectivity index (χ1n) is 16.1. The zero-order chi connectivity index (χ0) is 34.7. The molecule has 15 heteroatoms. The Kier molecular flexibility index (Phi) is 12.0. The molecule has 11 atom stereocenters. The third kappa shape index (κ3) is 7.37. The maximum Gasteiger partial charge on any atom is 0.229 e. The quantitative estimate of drug-likeness (QED) is 0.164. The van der Waals surface area contributed by atoms with Gasteiger partial charge in [0.15, 0.2) is 17.8 Å². The van der Waals surface area contributed by atoms with Crippen LogP contribution in [-0.2, 0) is 27.1 Å². The van der Waals surface area contributed by atoms with E-state index in [0.717, 1.165) is 18.4 Å². The van der Waals surface area contributed by atoms with Crippen molar-refractivity contribution in [2.75, 3.05) is 27.4 Å². The van der Waals surface area contributed by atoms with Crippen LogP contribution in [0.5, 0.6) is 23.0 Å². The van der Waals surface area contributed by atoms with Gasteiger partial charge >= 0.3 is 0 Å². The number of aromatic hydroxyl groups is 1. The average molecular weight is 683 g/mol. The first-order valence-corrected chi connectivity index (χ1v) is 16.1. The van der Waals surface area contributed by atoms with E-state index in [1.165, 1.54) is 14.2 Å². The van der Waals surface area contributed by atoms with E-state index in [4.69, 9.17) is 28.4 Å². The molecule has 3 aliphatic rings. The van der Waals surface area contributed by atoms with Crippen molar-refractivity contribution in [2.45, 2.75) is 106 Å². The minimum Gasteiger partial charge on any atom is -0.507 e. The summed E-state index contributed by atoms with van der Waals surface area (Å²) < 4.78 is 34.8. The summed E-state index contributed by atoms with van der Waals surface area (Å²) in [5, 5.41) is 94.5. The van der Waals surface area contributed by atoms with Crippen molar-refractivity contribution in [3.05, 3.63) is 35.4 Å². The predicted molar refractivity (Wildman–Crippen MR) is 166 cm³/mol. The molecule has 9 N–H and O–H groups in total. The molecule has 268 valence electrons. The van der Waals surface area contributed by atoms with Gasteiger partial charge in [0.05, 0.1) is 33.5 Å². The Morgan fingerprint density at radius 1 is 0.708 bits per heavy atom. The number of methoxy groups -OCH3 is 2. The van der Waals surface area contributed by atoms with Crippen molar-refractivity contribution in [2.24, 2.45) is 0 Å². The molecule has 2 aliphatic heterocycles. The highest BCUT2D eigenvalue weighted by molar-refractivity contribution is 5.81. The first-order chi connectivity index (χ1) is 23.0. The molecule has 2 aromatic carbocycles. The van der Waals surface area contributed by atoms with Gasteiger partial charge in [0, 0.05) is 11.1 Å². The maximum atomic E-state index is 11.4. The molecule has 2 aromatic rings. The van der Waals surface area contributed by atoms with Gasteiger partial charge in [-0.25, -0.2) is 0 Å². The van der Waals surface area contributed by atoms with Gasteiger partial charge in [-0.3, -0.25) is 0 Å².